The Labute approximate surface area is 161 Å². The van der Waals surface area contributed by atoms with Gasteiger partial charge in [-0.15, -0.1) is 11.3 Å². The van der Waals surface area contributed by atoms with E-state index in [1.807, 2.05) is 19.1 Å². The first-order valence-electron chi connectivity index (χ1n) is 7.95. The van der Waals surface area contributed by atoms with Crippen molar-refractivity contribution in [2.45, 2.75) is 13.5 Å². The molecule has 27 heavy (non-hydrogen) atoms. The lowest BCUT2D eigenvalue weighted by Gasteiger charge is -2.21. The number of hydrogen-bond acceptors (Lipinski definition) is 7. The second kappa shape index (κ2) is 7.53. The van der Waals surface area contributed by atoms with Gasteiger partial charge < -0.3 is 9.15 Å². The summed E-state index contributed by atoms with van der Waals surface area (Å²) in [4.78, 5) is 16.0. The van der Waals surface area contributed by atoms with Crippen LogP contribution in [-0.2, 0) is 21.3 Å². The van der Waals surface area contributed by atoms with E-state index < -0.39 is 16.0 Å². The monoisotopic (exact) mass is 406 g/mol. The van der Waals surface area contributed by atoms with Gasteiger partial charge >= 0.3 is 5.97 Å². The summed E-state index contributed by atoms with van der Waals surface area (Å²) < 4.78 is 36.0. The van der Waals surface area contributed by atoms with Crippen LogP contribution in [0.3, 0.4) is 0 Å². The Morgan fingerprint density at radius 2 is 1.93 bits per heavy atom. The number of thiazole rings is 1. The van der Waals surface area contributed by atoms with Crippen LogP contribution in [0.15, 0.2) is 46.2 Å². The predicted molar refractivity (Wildman–Crippen MR) is 103 cm³/mol. The minimum Gasteiger partial charge on any atom is -0.465 e. The minimum absolute atomic E-state index is 0.0760. The predicted octanol–water partition coefficient (Wildman–Crippen LogP) is 3.46. The minimum atomic E-state index is -3.55. The van der Waals surface area contributed by atoms with E-state index in [-0.39, 0.29) is 6.54 Å². The second-order valence-corrected chi connectivity index (χ2v) is 8.63. The van der Waals surface area contributed by atoms with Crippen molar-refractivity contribution in [3.05, 3.63) is 58.8 Å². The van der Waals surface area contributed by atoms with E-state index in [4.69, 9.17) is 4.42 Å². The number of furan rings is 1. The van der Waals surface area contributed by atoms with Crippen LogP contribution in [-0.4, -0.2) is 32.7 Å². The highest BCUT2D eigenvalue weighted by Crippen LogP contribution is 2.28. The molecule has 0 fully saturated rings. The van der Waals surface area contributed by atoms with Gasteiger partial charge in [-0.25, -0.2) is 18.2 Å². The van der Waals surface area contributed by atoms with E-state index in [0.29, 0.717) is 27.7 Å². The fourth-order valence-electron chi connectivity index (χ4n) is 2.47. The van der Waals surface area contributed by atoms with Gasteiger partial charge in [0.25, 0.3) is 0 Å². The lowest BCUT2D eigenvalue weighted by atomic mass is 10.2. The second-order valence-electron chi connectivity index (χ2n) is 5.86. The molecular formula is C18H18N2O5S2. The van der Waals surface area contributed by atoms with E-state index >= 15 is 0 Å². The third-order valence-electron chi connectivity index (χ3n) is 3.79. The fourth-order valence-corrected chi connectivity index (χ4v) is 4.11. The SMILES string of the molecule is COC(=O)c1ccc(N(Cc2csc(-c3ccc(C)o3)n2)S(C)(=O)=O)cc1. The first-order chi connectivity index (χ1) is 12.8. The standard InChI is InChI=1S/C18H18N2O5S2/c1-12-4-9-16(25-12)17-19-14(11-26-17)10-20(27(3,22)23)15-7-5-13(6-8-15)18(21)24-2/h4-9,11H,10H2,1-3H3. The molecule has 3 rings (SSSR count). The average molecular weight is 406 g/mol. The summed E-state index contributed by atoms with van der Waals surface area (Å²) in [6, 6.07) is 9.86. The van der Waals surface area contributed by atoms with Crippen LogP contribution in [0.25, 0.3) is 10.8 Å². The van der Waals surface area contributed by atoms with Crippen molar-refractivity contribution in [2.75, 3.05) is 17.7 Å². The molecule has 0 aliphatic carbocycles. The zero-order chi connectivity index (χ0) is 19.6. The van der Waals surface area contributed by atoms with Gasteiger partial charge in [0.05, 0.1) is 36.9 Å². The van der Waals surface area contributed by atoms with Crippen LogP contribution in [0.1, 0.15) is 21.8 Å². The van der Waals surface area contributed by atoms with E-state index in [0.717, 1.165) is 12.0 Å². The molecule has 0 aliphatic rings. The molecule has 0 atom stereocenters. The van der Waals surface area contributed by atoms with Crippen LogP contribution >= 0.6 is 11.3 Å². The van der Waals surface area contributed by atoms with Gasteiger partial charge in [0.2, 0.25) is 10.0 Å². The maximum Gasteiger partial charge on any atom is 0.337 e. The lowest BCUT2D eigenvalue weighted by Crippen LogP contribution is -2.29. The number of hydrogen-bond donors (Lipinski definition) is 0. The number of carbonyl (C=O) groups is 1. The first kappa shape index (κ1) is 19.1. The number of nitrogens with zero attached hydrogens (tertiary/aromatic N) is 2. The van der Waals surface area contributed by atoms with Gasteiger partial charge in [0.15, 0.2) is 10.8 Å². The number of aromatic nitrogens is 1. The Kier molecular flexibility index (Phi) is 5.33. The quantitative estimate of drug-likeness (QED) is 0.582. The number of benzene rings is 1. The van der Waals surface area contributed by atoms with Gasteiger partial charge in [0.1, 0.15) is 5.76 Å². The highest BCUT2D eigenvalue weighted by Gasteiger charge is 2.20. The average Bonchev–Trinajstić information content (AvgIpc) is 3.27. The number of esters is 1. The number of ether oxygens (including phenoxy) is 1. The summed E-state index contributed by atoms with van der Waals surface area (Å²) in [5, 5.41) is 2.49. The Morgan fingerprint density at radius 3 is 2.48 bits per heavy atom. The lowest BCUT2D eigenvalue weighted by molar-refractivity contribution is 0.0600. The highest BCUT2D eigenvalue weighted by molar-refractivity contribution is 7.92. The van der Waals surface area contributed by atoms with Crippen LogP contribution in [0, 0.1) is 6.92 Å². The van der Waals surface area contributed by atoms with Gasteiger partial charge in [-0.3, -0.25) is 4.31 Å². The fraction of sp³-hybridized carbons (Fsp3) is 0.222. The number of rotatable bonds is 6. The van der Waals surface area contributed by atoms with E-state index in [1.54, 1.807) is 17.5 Å². The zero-order valence-electron chi connectivity index (χ0n) is 15.0. The van der Waals surface area contributed by atoms with Gasteiger partial charge in [-0.2, -0.15) is 0 Å². The Morgan fingerprint density at radius 1 is 1.22 bits per heavy atom. The number of anilines is 1. The summed E-state index contributed by atoms with van der Waals surface area (Å²) in [5.74, 6) is 0.952. The third kappa shape index (κ3) is 4.37. The highest BCUT2D eigenvalue weighted by atomic mass is 32.2. The van der Waals surface area contributed by atoms with Crippen molar-refractivity contribution in [3.8, 4) is 10.8 Å². The Bertz CT molecular complexity index is 1050. The summed E-state index contributed by atoms with van der Waals surface area (Å²) in [5.41, 5.74) is 1.39. The van der Waals surface area contributed by atoms with Gasteiger partial charge in [-0.1, -0.05) is 0 Å². The molecule has 2 heterocycles. The van der Waals surface area contributed by atoms with E-state index in [2.05, 4.69) is 9.72 Å². The molecule has 0 bridgehead atoms. The molecule has 0 spiro atoms. The maximum atomic E-state index is 12.3. The van der Waals surface area contributed by atoms with Crippen LogP contribution < -0.4 is 4.31 Å². The molecule has 0 aliphatic heterocycles. The van der Waals surface area contributed by atoms with E-state index in [9.17, 15) is 13.2 Å². The van der Waals surface area contributed by atoms with Gasteiger partial charge in [0, 0.05) is 5.38 Å². The Balaban J connectivity index is 1.86. The van der Waals surface area contributed by atoms with Crippen LogP contribution in [0.4, 0.5) is 5.69 Å². The molecule has 0 radical (unpaired) electrons. The maximum absolute atomic E-state index is 12.3. The molecule has 3 aromatic rings. The smallest absolute Gasteiger partial charge is 0.337 e. The molecule has 0 saturated carbocycles. The van der Waals surface area contributed by atoms with Crippen LogP contribution in [0.2, 0.25) is 0 Å². The topological polar surface area (TPSA) is 89.7 Å². The van der Waals surface area contributed by atoms with Gasteiger partial charge in [-0.05, 0) is 43.3 Å². The summed E-state index contributed by atoms with van der Waals surface area (Å²) in [6.07, 6.45) is 1.13. The molecule has 142 valence electrons. The summed E-state index contributed by atoms with van der Waals surface area (Å²) in [7, 11) is -2.26. The summed E-state index contributed by atoms with van der Waals surface area (Å²) >= 11 is 1.39. The van der Waals surface area contributed by atoms with Crippen molar-refractivity contribution in [3.63, 3.8) is 0 Å². The number of sulfonamides is 1. The van der Waals surface area contributed by atoms with Crippen molar-refractivity contribution in [1.29, 1.82) is 0 Å². The molecule has 0 N–H and O–H groups in total. The van der Waals surface area contributed by atoms with E-state index in [1.165, 1.54) is 34.9 Å². The molecule has 2 aromatic heterocycles. The molecule has 1 aromatic carbocycles. The van der Waals surface area contributed by atoms with Crippen LogP contribution in [0.5, 0.6) is 0 Å². The molecular weight excluding hydrogens is 388 g/mol. The summed E-state index contributed by atoms with van der Waals surface area (Å²) in [6.45, 7) is 1.92. The molecule has 0 unspecified atom stereocenters. The first-order valence-corrected chi connectivity index (χ1v) is 10.7. The number of aryl methyl sites for hydroxylation is 1. The molecule has 0 amide bonds. The Hall–Kier alpha value is -2.65. The van der Waals surface area contributed by atoms with Crippen molar-refractivity contribution >= 4 is 33.0 Å². The van der Waals surface area contributed by atoms with Crippen molar-refractivity contribution in [2.24, 2.45) is 0 Å². The third-order valence-corrected chi connectivity index (χ3v) is 5.83. The molecule has 9 heteroatoms. The number of methoxy groups -OCH3 is 1. The zero-order valence-corrected chi connectivity index (χ0v) is 16.6. The normalized spacial score (nSPS) is 11.4. The largest absolute Gasteiger partial charge is 0.465 e. The van der Waals surface area contributed by atoms with Crippen molar-refractivity contribution < 1.29 is 22.4 Å². The van der Waals surface area contributed by atoms with Crippen molar-refractivity contribution in [1.82, 2.24) is 4.98 Å². The number of carbonyl (C=O) groups excluding carboxylic acids is 1. The molecule has 7 nitrogen and oxygen atoms in total. The molecule has 0 saturated heterocycles.